The van der Waals surface area contributed by atoms with E-state index in [0.717, 1.165) is 37.8 Å². The molecule has 2 heterocycles. The molecule has 0 radical (unpaired) electrons. The van der Waals surface area contributed by atoms with Crippen LogP contribution < -0.4 is 16.4 Å². The Kier molecular flexibility index (Phi) is 3.78. The summed E-state index contributed by atoms with van der Waals surface area (Å²) in [6.45, 7) is 0. The predicted molar refractivity (Wildman–Crippen MR) is 99.0 cm³/mol. The van der Waals surface area contributed by atoms with Gasteiger partial charge in [-0.2, -0.15) is 10.1 Å². The second-order valence-corrected chi connectivity index (χ2v) is 6.58. The van der Waals surface area contributed by atoms with E-state index in [1.807, 2.05) is 23.1 Å². The zero-order valence-corrected chi connectivity index (χ0v) is 14.5. The number of nitrogens with zero attached hydrogens (tertiary/aromatic N) is 4. The Morgan fingerprint density at radius 1 is 1.27 bits per heavy atom. The Hall–Kier alpha value is -3.10. The Balaban J connectivity index is 1.89. The number of nitrogens with one attached hydrogen (secondary N) is 1. The van der Waals surface area contributed by atoms with E-state index in [0.29, 0.717) is 16.6 Å². The van der Waals surface area contributed by atoms with Gasteiger partial charge < -0.3 is 16.2 Å². The average molecular weight is 355 g/mol. The van der Waals surface area contributed by atoms with Crippen LogP contribution in [0.1, 0.15) is 42.6 Å². The molecule has 136 valence electrons. The molecule has 4 rings (SSSR count). The van der Waals surface area contributed by atoms with Gasteiger partial charge in [0, 0.05) is 5.39 Å². The summed E-state index contributed by atoms with van der Waals surface area (Å²) in [6.07, 6.45) is 4.87. The molecule has 1 saturated carbocycles. The monoisotopic (exact) mass is 355 g/mol. The molecule has 0 saturated heterocycles. The van der Waals surface area contributed by atoms with Gasteiger partial charge in [-0.1, -0.05) is 18.6 Å². The van der Waals surface area contributed by atoms with Crippen molar-refractivity contribution >= 4 is 34.5 Å². The summed E-state index contributed by atoms with van der Waals surface area (Å²) in [6, 6.07) is 5.57. The molecule has 2 aliphatic rings. The Morgan fingerprint density at radius 2 is 2.04 bits per heavy atom. The number of esters is 1. The summed E-state index contributed by atoms with van der Waals surface area (Å²) in [5, 5.41) is 7.77. The van der Waals surface area contributed by atoms with Crippen LogP contribution in [0.25, 0.3) is 10.9 Å². The number of guanidine groups is 2. The summed E-state index contributed by atoms with van der Waals surface area (Å²) in [7, 11) is 1.34. The van der Waals surface area contributed by atoms with Crippen molar-refractivity contribution < 1.29 is 9.53 Å². The molecule has 0 amide bonds. The van der Waals surface area contributed by atoms with Crippen molar-refractivity contribution in [3.05, 3.63) is 23.9 Å². The highest BCUT2D eigenvalue weighted by molar-refractivity contribution is 6.12. The Morgan fingerprint density at radius 3 is 2.77 bits per heavy atom. The number of hydrogen-bond acceptors (Lipinski definition) is 8. The first-order chi connectivity index (χ1) is 12.6. The van der Waals surface area contributed by atoms with Crippen LogP contribution in [0.15, 0.2) is 28.2 Å². The van der Waals surface area contributed by atoms with Gasteiger partial charge in [-0.25, -0.2) is 9.79 Å². The summed E-state index contributed by atoms with van der Waals surface area (Å²) in [5.74, 6) is 0.0131. The molecule has 9 nitrogen and oxygen atoms in total. The van der Waals surface area contributed by atoms with Gasteiger partial charge in [0.05, 0.1) is 12.8 Å². The number of nitrogens with two attached hydrogens (primary N) is 2. The number of H-pyrrole nitrogens is 1. The van der Waals surface area contributed by atoms with Gasteiger partial charge >= 0.3 is 5.97 Å². The van der Waals surface area contributed by atoms with Crippen molar-refractivity contribution in [1.82, 2.24) is 10.2 Å². The standard InChI is InChI=1S/C17H21N7O2/c1-26-14(25)13-10-6-5-7-11(12(10)22-23-13)24-16(19)20-15(18)21-17(24)8-3-2-4-9-17/h5-7H,2-4,8-9H2,1H3,(H,22,23)(H4,18,19,20,21). The number of anilines is 1. The van der Waals surface area contributed by atoms with Crippen LogP contribution in [0.2, 0.25) is 0 Å². The number of rotatable bonds is 2. The molecule has 2 aromatic rings. The van der Waals surface area contributed by atoms with Gasteiger partial charge in [0.25, 0.3) is 0 Å². The van der Waals surface area contributed by atoms with Crippen molar-refractivity contribution in [2.24, 2.45) is 21.5 Å². The van der Waals surface area contributed by atoms with E-state index in [2.05, 4.69) is 20.2 Å². The van der Waals surface area contributed by atoms with Crippen LogP contribution in [0.5, 0.6) is 0 Å². The Bertz CT molecular complexity index is 924. The van der Waals surface area contributed by atoms with E-state index in [9.17, 15) is 4.79 Å². The molecule has 9 heteroatoms. The van der Waals surface area contributed by atoms with Crippen LogP contribution >= 0.6 is 0 Å². The van der Waals surface area contributed by atoms with Crippen LogP contribution in [-0.4, -0.2) is 40.9 Å². The molecule has 5 N–H and O–H groups in total. The molecule has 1 aromatic heterocycles. The largest absolute Gasteiger partial charge is 0.464 e. The molecular weight excluding hydrogens is 334 g/mol. The second kappa shape index (κ2) is 6.01. The lowest BCUT2D eigenvalue weighted by Crippen LogP contribution is -2.58. The number of carbonyl (C=O) groups is 1. The van der Waals surface area contributed by atoms with E-state index in [1.165, 1.54) is 7.11 Å². The van der Waals surface area contributed by atoms with Gasteiger partial charge in [-0.15, -0.1) is 0 Å². The number of methoxy groups -OCH3 is 1. The van der Waals surface area contributed by atoms with E-state index in [1.54, 1.807) is 0 Å². The van der Waals surface area contributed by atoms with Gasteiger partial charge in [-0.05, 0) is 31.7 Å². The van der Waals surface area contributed by atoms with E-state index in [-0.39, 0.29) is 11.9 Å². The first-order valence-electron chi connectivity index (χ1n) is 8.61. The first kappa shape index (κ1) is 16.4. The number of ether oxygens (including phenoxy) is 1. The Labute approximate surface area is 150 Å². The van der Waals surface area contributed by atoms with Gasteiger partial charge in [0.15, 0.2) is 5.69 Å². The predicted octanol–water partition coefficient (Wildman–Crippen LogP) is 1.46. The third-order valence-electron chi connectivity index (χ3n) is 5.05. The van der Waals surface area contributed by atoms with Crippen LogP contribution in [0.4, 0.5) is 5.69 Å². The first-order valence-corrected chi connectivity index (χ1v) is 8.61. The number of carbonyl (C=O) groups excluding carboxylic acids is 1. The lowest BCUT2D eigenvalue weighted by molar-refractivity contribution is 0.0596. The van der Waals surface area contributed by atoms with Crippen LogP contribution in [-0.2, 0) is 4.74 Å². The fourth-order valence-corrected chi connectivity index (χ4v) is 3.93. The minimum absolute atomic E-state index is 0.199. The zero-order chi connectivity index (χ0) is 18.3. The third-order valence-corrected chi connectivity index (χ3v) is 5.05. The lowest BCUT2D eigenvalue weighted by atomic mass is 9.87. The van der Waals surface area contributed by atoms with E-state index < -0.39 is 11.6 Å². The number of benzene rings is 1. The van der Waals surface area contributed by atoms with E-state index >= 15 is 0 Å². The lowest BCUT2D eigenvalue weighted by Gasteiger charge is -2.45. The van der Waals surface area contributed by atoms with Gasteiger partial charge in [-0.3, -0.25) is 10.00 Å². The molecule has 1 aromatic carbocycles. The summed E-state index contributed by atoms with van der Waals surface area (Å²) >= 11 is 0. The zero-order valence-electron chi connectivity index (χ0n) is 14.5. The number of fused-ring (bicyclic) bond motifs is 1. The number of aromatic nitrogens is 2. The summed E-state index contributed by atoms with van der Waals surface area (Å²) < 4.78 is 4.82. The highest BCUT2D eigenvalue weighted by Crippen LogP contribution is 2.41. The SMILES string of the molecule is COC(=O)c1[nH]nc2c(N3C(N)=NC(N)=NC34CCCCC4)cccc12. The summed E-state index contributed by atoms with van der Waals surface area (Å²) in [4.78, 5) is 22.7. The highest BCUT2D eigenvalue weighted by Gasteiger charge is 2.43. The smallest absolute Gasteiger partial charge is 0.356 e. The van der Waals surface area contributed by atoms with Crippen molar-refractivity contribution in [2.75, 3.05) is 12.0 Å². The number of hydrogen-bond donors (Lipinski definition) is 3. The molecule has 0 atom stereocenters. The molecule has 1 spiro atoms. The van der Waals surface area contributed by atoms with Crippen LogP contribution in [0.3, 0.4) is 0 Å². The maximum absolute atomic E-state index is 12.0. The quantitative estimate of drug-likeness (QED) is 0.698. The summed E-state index contributed by atoms with van der Waals surface area (Å²) in [5.41, 5.74) is 13.3. The number of para-hydroxylation sites is 1. The molecule has 1 aliphatic heterocycles. The van der Waals surface area contributed by atoms with Crippen molar-refractivity contribution in [3.8, 4) is 0 Å². The maximum Gasteiger partial charge on any atom is 0.356 e. The maximum atomic E-state index is 12.0. The van der Waals surface area contributed by atoms with Gasteiger partial charge in [0.2, 0.25) is 11.9 Å². The van der Waals surface area contributed by atoms with Crippen LogP contribution in [0, 0.1) is 0 Å². The minimum Gasteiger partial charge on any atom is -0.464 e. The number of aromatic amines is 1. The van der Waals surface area contributed by atoms with Crippen molar-refractivity contribution in [3.63, 3.8) is 0 Å². The fraction of sp³-hybridized carbons (Fsp3) is 0.412. The molecular formula is C17H21N7O2. The second-order valence-electron chi connectivity index (χ2n) is 6.58. The molecule has 1 fully saturated rings. The van der Waals surface area contributed by atoms with Crippen molar-refractivity contribution in [2.45, 2.75) is 37.8 Å². The van der Waals surface area contributed by atoms with Gasteiger partial charge in [0.1, 0.15) is 11.2 Å². The fourth-order valence-electron chi connectivity index (χ4n) is 3.93. The topological polar surface area (TPSA) is 135 Å². The van der Waals surface area contributed by atoms with Crippen molar-refractivity contribution in [1.29, 1.82) is 0 Å². The molecule has 26 heavy (non-hydrogen) atoms. The normalized spacial score (nSPS) is 19.3. The molecule has 0 unspecified atom stereocenters. The van der Waals surface area contributed by atoms with E-state index in [4.69, 9.17) is 16.2 Å². The minimum atomic E-state index is -0.563. The average Bonchev–Trinajstić information content (AvgIpc) is 3.06. The number of aliphatic imine (C=N–C) groups is 2. The third kappa shape index (κ3) is 2.39. The molecule has 1 aliphatic carbocycles. The molecule has 0 bridgehead atoms. The highest BCUT2D eigenvalue weighted by atomic mass is 16.5.